The normalized spacial score (nSPS) is 15.1. The number of ether oxygens (including phenoxy) is 3. The van der Waals surface area contributed by atoms with E-state index in [1.54, 1.807) is 0 Å². The molecule has 0 amide bonds. The number of hydrogen-bond donors (Lipinski definition) is 1. The predicted octanol–water partition coefficient (Wildman–Crippen LogP) is 2.58. The standard InChI is InChI=1S/C16H23NO4/c1-19-16(18)6-3-2-5-13(17)12-7-8-14-15(11-12)21-10-4-9-20-14/h7-8,11,13H,2-6,9-10,17H2,1H3. The van der Waals surface area contributed by atoms with Crippen LogP contribution in [0.5, 0.6) is 11.5 Å². The quantitative estimate of drug-likeness (QED) is 0.645. The molecule has 0 bridgehead atoms. The molecule has 116 valence electrons. The Bertz CT molecular complexity index is 475. The Balaban J connectivity index is 1.86. The van der Waals surface area contributed by atoms with Crippen LogP contribution in [0.3, 0.4) is 0 Å². The van der Waals surface area contributed by atoms with Crippen molar-refractivity contribution in [2.24, 2.45) is 5.73 Å². The van der Waals surface area contributed by atoms with Crippen LogP contribution in [-0.4, -0.2) is 26.3 Å². The Morgan fingerprint density at radius 3 is 2.81 bits per heavy atom. The lowest BCUT2D eigenvalue weighted by Crippen LogP contribution is -2.11. The number of unbranched alkanes of at least 4 members (excludes halogenated alkanes) is 1. The third-order valence-corrected chi connectivity index (χ3v) is 3.57. The van der Waals surface area contributed by atoms with Crippen molar-refractivity contribution in [2.75, 3.05) is 20.3 Å². The van der Waals surface area contributed by atoms with Gasteiger partial charge in [-0.15, -0.1) is 0 Å². The summed E-state index contributed by atoms with van der Waals surface area (Å²) in [6.07, 6.45) is 3.86. The van der Waals surface area contributed by atoms with Gasteiger partial charge in [0.05, 0.1) is 20.3 Å². The molecule has 1 aromatic carbocycles. The first-order chi connectivity index (χ1) is 10.2. The Morgan fingerprint density at radius 1 is 1.29 bits per heavy atom. The topological polar surface area (TPSA) is 70.8 Å². The Morgan fingerprint density at radius 2 is 2.05 bits per heavy atom. The number of methoxy groups -OCH3 is 1. The zero-order chi connectivity index (χ0) is 15.1. The van der Waals surface area contributed by atoms with E-state index < -0.39 is 0 Å². The van der Waals surface area contributed by atoms with Gasteiger partial charge in [0.2, 0.25) is 0 Å². The number of carbonyl (C=O) groups is 1. The van der Waals surface area contributed by atoms with Crippen LogP contribution in [-0.2, 0) is 9.53 Å². The largest absolute Gasteiger partial charge is 0.490 e. The summed E-state index contributed by atoms with van der Waals surface area (Å²) < 4.78 is 15.9. The molecule has 2 rings (SSSR count). The van der Waals surface area contributed by atoms with Crippen molar-refractivity contribution in [1.29, 1.82) is 0 Å². The number of carbonyl (C=O) groups excluding carboxylic acids is 1. The minimum Gasteiger partial charge on any atom is -0.490 e. The van der Waals surface area contributed by atoms with E-state index in [0.717, 1.165) is 42.7 Å². The van der Waals surface area contributed by atoms with Gasteiger partial charge >= 0.3 is 5.97 Å². The second-order valence-electron chi connectivity index (χ2n) is 5.19. The first-order valence-corrected chi connectivity index (χ1v) is 7.42. The van der Waals surface area contributed by atoms with E-state index in [-0.39, 0.29) is 12.0 Å². The average Bonchev–Trinajstić information content (AvgIpc) is 2.75. The first kappa shape index (κ1) is 15.6. The summed E-state index contributed by atoms with van der Waals surface area (Å²) in [6.45, 7) is 1.36. The molecule has 21 heavy (non-hydrogen) atoms. The fourth-order valence-corrected chi connectivity index (χ4v) is 2.31. The lowest BCUT2D eigenvalue weighted by molar-refractivity contribution is -0.140. The smallest absolute Gasteiger partial charge is 0.305 e. The van der Waals surface area contributed by atoms with Gasteiger partial charge in [0, 0.05) is 18.9 Å². The van der Waals surface area contributed by atoms with Crippen LogP contribution in [0.25, 0.3) is 0 Å². The fourth-order valence-electron chi connectivity index (χ4n) is 2.31. The highest BCUT2D eigenvalue weighted by atomic mass is 16.5. The summed E-state index contributed by atoms with van der Waals surface area (Å²) in [4.78, 5) is 11.0. The second-order valence-corrected chi connectivity index (χ2v) is 5.19. The highest BCUT2D eigenvalue weighted by molar-refractivity contribution is 5.68. The Labute approximate surface area is 125 Å². The maximum atomic E-state index is 11.0. The van der Waals surface area contributed by atoms with Crippen molar-refractivity contribution >= 4 is 5.97 Å². The van der Waals surface area contributed by atoms with E-state index in [0.29, 0.717) is 19.6 Å². The molecule has 1 aromatic rings. The van der Waals surface area contributed by atoms with E-state index in [1.807, 2.05) is 18.2 Å². The molecule has 0 radical (unpaired) electrons. The maximum Gasteiger partial charge on any atom is 0.305 e. The number of fused-ring (bicyclic) bond motifs is 1. The van der Waals surface area contributed by atoms with Gasteiger partial charge in [-0.3, -0.25) is 4.79 Å². The van der Waals surface area contributed by atoms with Crippen LogP contribution in [0.15, 0.2) is 18.2 Å². The van der Waals surface area contributed by atoms with Crippen molar-refractivity contribution < 1.29 is 19.0 Å². The Hall–Kier alpha value is -1.75. The van der Waals surface area contributed by atoms with Crippen LogP contribution in [0.4, 0.5) is 0 Å². The highest BCUT2D eigenvalue weighted by Crippen LogP contribution is 2.32. The van der Waals surface area contributed by atoms with Crippen LogP contribution >= 0.6 is 0 Å². The maximum absolute atomic E-state index is 11.0. The van der Waals surface area contributed by atoms with Gasteiger partial charge in [-0.2, -0.15) is 0 Å². The second kappa shape index (κ2) is 7.88. The monoisotopic (exact) mass is 293 g/mol. The Kier molecular flexibility index (Phi) is 5.87. The van der Waals surface area contributed by atoms with Crippen LogP contribution < -0.4 is 15.2 Å². The molecule has 0 saturated carbocycles. The van der Waals surface area contributed by atoms with Crippen molar-refractivity contribution in [2.45, 2.75) is 38.1 Å². The van der Waals surface area contributed by atoms with Gasteiger partial charge in [0.15, 0.2) is 11.5 Å². The number of rotatable bonds is 6. The van der Waals surface area contributed by atoms with Gasteiger partial charge < -0.3 is 19.9 Å². The van der Waals surface area contributed by atoms with Crippen molar-refractivity contribution in [3.63, 3.8) is 0 Å². The summed E-state index contributed by atoms with van der Waals surface area (Å²) in [7, 11) is 1.41. The summed E-state index contributed by atoms with van der Waals surface area (Å²) in [6, 6.07) is 5.81. The van der Waals surface area contributed by atoms with E-state index in [4.69, 9.17) is 15.2 Å². The molecule has 1 aliphatic rings. The minimum atomic E-state index is -0.167. The van der Waals surface area contributed by atoms with Gasteiger partial charge in [0.1, 0.15) is 0 Å². The molecular formula is C16H23NO4. The molecule has 0 aromatic heterocycles. The predicted molar refractivity (Wildman–Crippen MR) is 79.5 cm³/mol. The molecular weight excluding hydrogens is 270 g/mol. The van der Waals surface area contributed by atoms with Crippen LogP contribution in [0.2, 0.25) is 0 Å². The molecule has 0 aliphatic carbocycles. The molecule has 1 unspecified atom stereocenters. The third-order valence-electron chi connectivity index (χ3n) is 3.57. The van der Waals surface area contributed by atoms with Gasteiger partial charge in [-0.05, 0) is 30.5 Å². The molecule has 0 saturated heterocycles. The van der Waals surface area contributed by atoms with Gasteiger partial charge in [0.25, 0.3) is 0 Å². The molecule has 1 heterocycles. The van der Waals surface area contributed by atoms with E-state index in [9.17, 15) is 4.79 Å². The zero-order valence-corrected chi connectivity index (χ0v) is 12.5. The average molecular weight is 293 g/mol. The number of benzene rings is 1. The number of nitrogens with two attached hydrogens (primary N) is 1. The summed E-state index contributed by atoms with van der Waals surface area (Å²) in [5.74, 6) is 1.39. The van der Waals surface area contributed by atoms with Crippen molar-refractivity contribution in [3.8, 4) is 11.5 Å². The van der Waals surface area contributed by atoms with E-state index >= 15 is 0 Å². The minimum absolute atomic E-state index is 0.0557. The van der Waals surface area contributed by atoms with Crippen LogP contribution in [0, 0.1) is 0 Å². The third kappa shape index (κ3) is 4.63. The first-order valence-electron chi connectivity index (χ1n) is 7.42. The van der Waals surface area contributed by atoms with Crippen molar-refractivity contribution in [1.82, 2.24) is 0 Å². The molecule has 0 spiro atoms. The summed E-state index contributed by atoms with van der Waals surface area (Å²) >= 11 is 0. The highest BCUT2D eigenvalue weighted by Gasteiger charge is 2.14. The van der Waals surface area contributed by atoms with Crippen LogP contribution in [0.1, 0.15) is 43.7 Å². The molecule has 5 heteroatoms. The number of hydrogen-bond acceptors (Lipinski definition) is 5. The number of esters is 1. The molecule has 0 fully saturated rings. The van der Waals surface area contributed by atoms with Gasteiger partial charge in [-0.1, -0.05) is 12.5 Å². The summed E-state index contributed by atoms with van der Waals surface area (Å²) in [5.41, 5.74) is 7.24. The molecule has 2 N–H and O–H groups in total. The zero-order valence-electron chi connectivity index (χ0n) is 12.5. The molecule has 1 aliphatic heterocycles. The van der Waals surface area contributed by atoms with E-state index in [1.165, 1.54) is 7.11 Å². The SMILES string of the molecule is COC(=O)CCCCC(N)c1ccc2c(c1)OCCCO2. The van der Waals surface area contributed by atoms with Crippen molar-refractivity contribution in [3.05, 3.63) is 23.8 Å². The lowest BCUT2D eigenvalue weighted by atomic mass is 10.0. The fraction of sp³-hybridized carbons (Fsp3) is 0.562. The van der Waals surface area contributed by atoms with Gasteiger partial charge in [-0.25, -0.2) is 0 Å². The summed E-state index contributed by atoms with van der Waals surface area (Å²) in [5, 5.41) is 0. The lowest BCUT2D eigenvalue weighted by Gasteiger charge is -2.14. The molecule has 1 atom stereocenters. The molecule has 5 nitrogen and oxygen atoms in total. The van der Waals surface area contributed by atoms with E-state index in [2.05, 4.69) is 4.74 Å².